The summed E-state index contributed by atoms with van der Waals surface area (Å²) in [4.78, 5) is 4.67. The molecule has 1 fully saturated rings. The lowest BCUT2D eigenvalue weighted by Gasteiger charge is -2.40. The molecule has 2 atom stereocenters. The van der Waals surface area contributed by atoms with Crippen LogP contribution >= 0.6 is 0 Å². The third-order valence-electron chi connectivity index (χ3n) is 3.43. The van der Waals surface area contributed by atoms with Gasteiger partial charge in [0.15, 0.2) is 0 Å². The van der Waals surface area contributed by atoms with Crippen molar-refractivity contribution in [3.8, 4) is 0 Å². The van der Waals surface area contributed by atoms with E-state index < -0.39 is 0 Å². The van der Waals surface area contributed by atoms with E-state index >= 15 is 0 Å². The number of hydrogen-bond donors (Lipinski definition) is 2. The molecule has 16 heavy (non-hydrogen) atoms. The normalized spacial score (nSPS) is 23.2. The highest BCUT2D eigenvalue weighted by atomic mass is 16.3. The zero-order chi connectivity index (χ0) is 12.0. The maximum absolute atomic E-state index is 9.77. The zero-order valence-corrected chi connectivity index (χ0v) is 10.6. The maximum atomic E-state index is 9.77. The average molecular weight is 230 g/mol. The van der Waals surface area contributed by atoms with Gasteiger partial charge in [0.25, 0.3) is 0 Å². The van der Waals surface area contributed by atoms with Gasteiger partial charge in [0.2, 0.25) is 0 Å². The first-order chi connectivity index (χ1) is 7.69. The van der Waals surface area contributed by atoms with Crippen molar-refractivity contribution in [2.24, 2.45) is 0 Å². The molecular formula is C12H26N2O2. The molecule has 0 saturated carbocycles. The molecule has 0 amide bonds. The predicted molar refractivity (Wildman–Crippen MR) is 65.5 cm³/mol. The molecule has 0 aromatic rings. The van der Waals surface area contributed by atoms with E-state index in [1.807, 2.05) is 6.92 Å². The minimum atomic E-state index is -0.246. The monoisotopic (exact) mass is 230 g/mol. The molecule has 0 aromatic heterocycles. The van der Waals surface area contributed by atoms with E-state index in [2.05, 4.69) is 16.7 Å². The first-order valence-corrected chi connectivity index (χ1v) is 6.44. The first-order valence-electron chi connectivity index (χ1n) is 6.44. The van der Waals surface area contributed by atoms with Gasteiger partial charge in [-0.3, -0.25) is 9.80 Å². The van der Waals surface area contributed by atoms with E-state index in [4.69, 9.17) is 5.11 Å². The van der Waals surface area contributed by atoms with Crippen LogP contribution in [0.25, 0.3) is 0 Å². The molecule has 96 valence electrons. The molecule has 0 spiro atoms. The Morgan fingerprint density at radius 3 is 2.25 bits per heavy atom. The van der Waals surface area contributed by atoms with Crippen molar-refractivity contribution >= 4 is 0 Å². The van der Waals surface area contributed by atoms with Gasteiger partial charge >= 0.3 is 0 Å². The van der Waals surface area contributed by atoms with Gasteiger partial charge in [0, 0.05) is 38.8 Å². The summed E-state index contributed by atoms with van der Waals surface area (Å²) in [6.07, 6.45) is 1.94. The van der Waals surface area contributed by atoms with Crippen LogP contribution in [-0.4, -0.2) is 71.5 Å². The summed E-state index contributed by atoms with van der Waals surface area (Å²) >= 11 is 0. The number of piperazine rings is 1. The van der Waals surface area contributed by atoms with Crippen LogP contribution in [0, 0.1) is 0 Å². The van der Waals surface area contributed by atoms with Crippen LogP contribution in [-0.2, 0) is 0 Å². The van der Waals surface area contributed by atoms with Gasteiger partial charge in [-0.1, -0.05) is 13.3 Å². The summed E-state index contributed by atoms with van der Waals surface area (Å²) in [6, 6.07) is 0.307. The van der Waals surface area contributed by atoms with Crippen molar-refractivity contribution in [1.29, 1.82) is 0 Å². The Kier molecular flexibility index (Phi) is 6.28. The minimum Gasteiger partial charge on any atom is -0.395 e. The quantitative estimate of drug-likeness (QED) is 0.682. The zero-order valence-electron chi connectivity index (χ0n) is 10.6. The van der Waals surface area contributed by atoms with Gasteiger partial charge in [-0.25, -0.2) is 0 Å². The fourth-order valence-corrected chi connectivity index (χ4v) is 2.48. The number of hydrogen-bond acceptors (Lipinski definition) is 4. The molecule has 0 aliphatic carbocycles. The molecule has 4 heteroatoms. The van der Waals surface area contributed by atoms with Gasteiger partial charge in [-0.05, 0) is 13.3 Å². The molecule has 2 N–H and O–H groups in total. The van der Waals surface area contributed by atoms with Crippen molar-refractivity contribution in [2.75, 3.05) is 39.3 Å². The van der Waals surface area contributed by atoms with Crippen LogP contribution in [0.5, 0.6) is 0 Å². The van der Waals surface area contributed by atoms with Gasteiger partial charge in [0.1, 0.15) is 0 Å². The summed E-state index contributed by atoms with van der Waals surface area (Å²) in [7, 11) is 0. The SMILES string of the molecule is CCCC(C(C)O)N1CCN(CCO)CC1. The number of rotatable bonds is 6. The molecule has 0 aromatic carbocycles. The molecule has 1 aliphatic heterocycles. The van der Waals surface area contributed by atoms with E-state index in [9.17, 15) is 5.11 Å². The number of aliphatic hydroxyl groups is 2. The van der Waals surface area contributed by atoms with Crippen molar-refractivity contribution in [1.82, 2.24) is 9.80 Å². The van der Waals surface area contributed by atoms with E-state index in [0.29, 0.717) is 6.04 Å². The van der Waals surface area contributed by atoms with Crippen LogP contribution in [0.1, 0.15) is 26.7 Å². The molecule has 2 unspecified atom stereocenters. The van der Waals surface area contributed by atoms with Crippen LogP contribution in [0.2, 0.25) is 0 Å². The number of nitrogens with zero attached hydrogens (tertiary/aromatic N) is 2. The standard InChI is InChI=1S/C12H26N2O2/c1-3-4-12(11(2)16)14-7-5-13(6-8-14)9-10-15/h11-12,15-16H,3-10H2,1-2H3. The second-order valence-corrected chi connectivity index (χ2v) is 4.70. The summed E-state index contributed by atoms with van der Waals surface area (Å²) in [5.74, 6) is 0. The third-order valence-corrected chi connectivity index (χ3v) is 3.43. The highest BCUT2D eigenvalue weighted by Crippen LogP contribution is 2.14. The smallest absolute Gasteiger partial charge is 0.0667 e. The van der Waals surface area contributed by atoms with Gasteiger partial charge < -0.3 is 10.2 Å². The molecule has 4 nitrogen and oxygen atoms in total. The van der Waals surface area contributed by atoms with E-state index in [0.717, 1.165) is 45.6 Å². The molecule has 1 heterocycles. The second-order valence-electron chi connectivity index (χ2n) is 4.70. The molecular weight excluding hydrogens is 204 g/mol. The maximum Gasteiger partial charge on any atom is 0.0667 e. The predicted octanol–water partition coefficient (Wildman–Crippen LogP) is 0.146. The van der Waals surface area contributed by atoms with Gasteiger partial charge in [-0.15, -0.1) is 0 Å². The lowest BCUT2D eigenvalue weighted by Crippen LogP contribution is -2.53. The molecule has 1 aliphatic rings. The van der Waals surface area contributed by atoms with E-state index in [1.165, 1.54) is 0 Å². The van der Waals surface area contributed by atoms with Crippen LogP contribution in [0.15, 0.2) is 0 Å². The average Bonchev–Trinajstić information content (AvgIpc) is 2.27. The van der Waals surface area contributed by atoms with Crippen molar-refractivity contribution in [3.05, 3.63) is 0 Å². The third kappa shape index (κ3) is 4.01. The van der Waals surface area contributed by atoms with Crippen molar-refractivity contribution in [2.45, 2.75) is 38.8 Å². The van der Waals surface area contributed by atoms with E-state index in [1.54, 1.807) is 0 Å². The van der Waals surface area contributed by atoms with E-state index in [-0.39, 0.29) is 12.7 Å². The fourth-order valence-electron chi connectivity index (χ4n) is 2.48. The lowest BCUT2D eigenvalue weighted by molar-refractivity contribution is 0.0195. The van der Waals surface area contributed by atoms with Crippen molar-refractivity contribution < 1.29 is 10.2 Å². The number of aliphatic hydroxyl groups excluding tert-OH is 2. The Bertz CT molecular complexity index is 180. The summed E-state index contributed by atoms with van der Waals surface area (Å²) in [5, 5.41) is 18.6. The number of β-amino-alcohol motifs (C(OH)–C–C–N with tert-alkyl or cyclic N) is 1. The second kappa shape index (κ2) is 7.22. The lowest BCUT2D eigenvalue weighted by atomic mass is 10.0. The summed E-state index contributed by atoms with van der Waals surface area (Å²) in [5.41, 5.74) is 0. The fraction of sp³-hybridized carbons (Fsp3) is 1.00. The van der Waals surface area contributed by atoms with Crippen molar-refractivity contribution in [3.63, 3.8) is 0 Å². The Morgan fingerprint density at radius 2 is 1.81 bits per heavy atom. The topological polar surface area (TPSA) is 46.9 Å². The molecule has 1 saturated heterocycles. The van der Waals surface area contributed by atoms with Gasteiger partial charge in [-0.2, -0.15) is 0 Å². The Labute approximate surface area is 98.9 Å². The molecule has 0 bridgehead atoms. The highest BCUT2D eigenvalue weighted by Gasteiger charge is 2.25. The van der Waals surface area contributed by atoms with Gasteiger partial charge in [0.05, 0.1) is 12.7 Å². The van der Waals surface area contributed by atoms with Crippen LogP contribution in [0.4, 0.5) is 0 Å². The summed E-state index contributed by atoms with van der Waals surface area (Å²) in [6.45, 7) is 9.11. The first kappa shape index (κ1) is 13.9. The Hall–Kier alpha value is -0.160. The Balaban J connectivity index is 2.38. The Morgan fingerprint density at radius 1 is 1.19 bits per heavy atom. The largest absolute Gasteiger partial charge is 0.395 e. The highest BCUT2D eigenvalue weighted by molar-refractivity contribution is 4.81. The summed E-state index contributed by atoms with van der Waals surface area (Å²) < 4.78 is 0. The molecule has 0 radical (unpaired) electrons. The van der Waals surface area contributed by atoms with Crippen LogP contribution < -0.4 is 0 Å². The minimum absolute atomic E-state index is 0.245. The van der Waals surface area contributed by atoms with Crippen LogP contribution in [0.3, 0.4) is 0 Å². The molecule has 1 rings (SSSR count).